The second kappa shape index (κ2) is 3.71. The number of anilines is 1. The molecule has 1 fully saturated rings. The molecule has 0 radical (unpaired) electrons. The lowest BCUT2D eigenvalue weighted by Gasteiger charge is -2.19. The molecule has 1 aromatic rings. The molecule has 2 rings (SSSR count). The smallest absolute Gasteiger partial charge is 0.356 e. The molecule has 0 aromatic carbocycles. The van der Waals surface area contributed by atoms with Gasteiger partial charge in [0, 0.05) is 13.1 Å². The Labute approximate surface area is 92.6 Å². The maximum atomic E-state index is 10.6. The van der Waals surface area contributed by atoms with Gasteiger partial charge in [0.05, 0.1) is 18.0 Å². The number of carboxylic acids is 1. The third-order valence-electron chi connectivity index (χ3n) is 2.63. The predicted molar refractivity (Wildman–Crippen MR) is 56.4 cm³/mol. The second-order valence-corrected chi connectivity index (χ2v) is 4.23. The van der Waals surface area contributed by atoms with Crippen LogP contribution in [0.1, 0.15) is 23.8 Å². The van der Waals surface area contributed by atoms with E-state index in [1.54, 1.807) is 6.92 Å². The number of hydrogen-bond acceptors (Lipinski definition) is 5. The molecule has 1 aromatic heterocycles. The van der Waals surface area contributed by atoms with E-state index in [1.807, 2.05) is 4.90 Å². The Balaban J connectivity index is 2.14. The molecule has 0 bridgehead atoms. The minimum Gasteiger partial charge on any atom is -0.476 e. The number of hydrogen-bond donors (Lipinski definition) is 2. The van der Waals surface area contributed by atoms with Crippen molar-refractivity contribution in [2.75, 3.05) is 18.0 Å². The zero-order valence-electron chi connectivity index (χ0n) is 8.92. The van der Waals surface area contributed by atoms with Gasteiger partial charge in [0.25, 0.3) is 0 Å². The van der Waals surface area contributed by atoms with Crippen molar-refractivity contribution in [3.05, 3.63) is 18.1 Å². The summed E-state index contributed by atoms with van der Waals surface area (Å²) in [7, 11) is 0. The van der Waals surface area contributed by atoms with Crippen LogP contribution in [-0.2, 0) is 0 Å². The topological polar surface area (TPSA) is 86.5 Å². The Morgan fingerprint density at radius 1 is 1.50 bits per heavy atom. The zero-order chi connectivity index (χ0) is 11.8. The van der Waals surface area contributed by atoms with Crippen LogP contribution in [0.3, 0.4) is 0 Å². The van der Waals surface area contributed by atoms with Crippen LogP contribution < -0.4 is 4.90 Å². The van der Waals surface area contributed by atoms with Crippen LogP contribution in [0.25, 0.3) is 0 Å². The summed E-state index contributed by atoms with van der Waals surface area (Å²) in [6.07, 6.45) is 3.32. The summed E-state index contributed by atoms with van der Waals surface area (Å²) in [5, 5.41) is 18.5. The number of aromatic nitrogens is 2. The first-order chi connectivity index (χ1) is 7.48. The number of nitrogens with zero attached hydrogens (tertiary/aromatic N) is 3. The van der Waals surface area contributed by atoms with Crippen LogP contribution in [-0.4, -0.2) is 44.8 Å². The van der Waals surface area contributed by atoms with Gasteiger partial charge in [-0.25, -0.2) is 14.8 Å². The van der Waals surface area contributed by atoms with E-state index in [2.05, 4.69) is 9.97 Å². The van der Waals surface area contributed by atoms with Crippen molar-refractivity contribution in [3.63, 3.8) is 0 Å². The Bertz CT molecular complexity index is 402. The van der Waals surface area contributed by atoms with E-state index in [9.17, 15) is 9.90 Å². The summed E-state index contributed by atoms with van der Waals surface area (Å²) < 4.78 is 0. The summed E-state index contributed by atoms with van der Waals surface area (Å²) in [4.78, 5) is 20.3. The van der Waals surface area contributed by atoms with Gasteiger partial charge in [-0.3, -0.25) is 0 Å². The highest BCUT2D eigenvalue weighted by Crippen LogP contribution is 2.24. The van der Waals surface area contributed by atoms with Crippen LogP contribution in [0.5, 0.6) is 0 Å². The van der Waals surface area contributed by atoms with Gasteiger partial charge in [0.1, 0.15) is 5.82 Å². The van der Waals surface area contributed by atoms with Crippen molar-refractivity contribution in [2.45, 2.75) is 18.9 Å². The summed E-state index contributed by atoms with van der Waals surface area (Å²) >= 11 is 0. The molecule has 0 aliphatic carbocycles. The minimum absolute atomic E-state index is 0.0743. The maximum absolute atomic E-state index is 10.6. The molecule has 1 unspecified atom stereocenters. The standard InChI is InChI=1S/C10H13N3O3/c1-10(16)2-3-13(6-10)8-5-11-7(4-12-8)9(14)15/h4-5,16H,2-3,6H2,1H3,(H,14,15). The Morgan fingerprint density at radius 2 is 2.25 bits per heavy atom. The molecule has 0 saturated carbocycles. The van der Waals surface area contributed by atoms with Crippen molar-refractivity contribution in [1.29, 1.82) is 0 Å². The van der Waals surface area contributed by atoms with E-state index < -0.39 is 11.6 Å². The number of carboxylic acid groups (broad SMARTS) is 1. The van der Waals surface area contributed by atoms with Crippen LogP contribution in [0, 0.1) is 0 Å². The first kappa shape index (κ1) is 10.8. The summed E-state index contributed by atoms with van der Waals surface area (Å²) in [6.45, 7) is 2.97. The predicted octanol–water partition coefficient (Wildman–Crippen LogP) is 0.136. The minimum atomic E-state index is -1.09. The first-order valence-corrected chi connectivity index (χ1v) is 5.01. The van der Waals surface area contributed by atoms with Gasteiger partial charge >= 0.3 is 5.97 Å². The quantitative estimate of drug-likeness (QED) is 0.741. The molecule has 16 heavy (non-hydrogen) atoms. The van der Waals surface area contributed by atoms with Gasteiger partial charge in [0.15, 0.2) is 5.69 Å². The molecule has 6 nitrogen and oxygen atoms in total. The van der Waals surface area contributed by atoms with Gasteiger partial charge in [0.2, 0.25) is 0 Å². The third kappa shape index (κ3) is 2.11. The second-order valence-electron chi connectivity index (χ2n) is 4.23. The van der Waals surface area contributed by atoms with Gasteiger partial charge < -0.3 is 15.1 Å². The molecule has 1 saturated heterocycles. The summed E-state index contributed by atoms with van der Waals surface area (Å²) in [5.41, 5.74) is -0.776. The van der Waals surface area contributed by atoms with Crippen LogP contribution >= 0.6 is 0 Å². The van der Waals surface area contributed by atoms with Gasteiger partial charge in [-0.05, 0) is 13.3 Å². The van der Waals surface area contributed by atoms with E-state index in [0.717, 1.165) is 0 Å². The molecule has 0 spiro atoms. The lowest BCUT2D eigenvalue weighted by atomic mass is 10.1. The summed E-state index contributed by atoms with van der Waals surface area (Å²) in [6, 6.07) is 0. The van der Waals surface area contributed by atoms with Crippen LogP contribution in [0.15, 0.2) is 12.4 Å². The van der Waals surface area contributed by atoms with Crippen LogP contribution in [0.2, 0.25) is 0 Å². The molecule has 86 valence electrons. The first-order valence-electron chi connectivity index (χ1n) is 5.01. The Kier molecular flexibility index (Phi) is 2.51. The highest BCUT2D eigenvalue weighted by molar-refractivity contribution is 5.84. The number of β-amino-alcohol motifs (C(OH)–C–C–N with tert-alkyl or cyclic N) is 1. The summed E-state index contributed by atoms with van der Waals surface area (Å²) in [5.74, 6) is -0.491. The molecule has 1 aliphatic rings. The Hall–Kier alpha value is -1.69. The molecule has 2 N–H and O–H groups in total. The van der Waals surface area contributed by atoms with Gasteiger partial charge in [-0.2, -0.15) is 0 Å². The van der Waals surface area contributed by atoms with Gasteiger partial charge in [-0.15, -0.1) is 0 Å². The number of carbonyl (C=O) groups is 1. The maximum Gasteiger partial charge on any atom is 0.356 e. The van der Waals surface area contributed by atoms with Gasteiger partial charge in [-0.1, -0.05) is 0 Å². The molecule has 1 aliphatic heterocycles. The lowest BCUT2D eigenvalue weighted by molar-refractivity contribution is 0.0689. The van der Waals surface area contributed by atoms with E-state index in [0.29, 0.717) is 25.3 Å². The SMILES string of the molecule is CC1(O)CCN(c2cnc(C(=O)O)cn2)C1. The lowest BCUT2D eigenvalue weighted by Crippen LogP contribution is -2.30. The molecule has 0 amide bonds. The number of rotatable bonds is 2. The van der Waals surface area contributed by atoms with Crippen molar-refractivity contribution in [3.8, 4) is 0 Å². The van der Waals surface area contributed by atoms with E-state index in [1.165, 1.54) is 12.4 Å². The fourth-order valence-corrected chi connectivity index (χ4v) is 1.74. The van der Waals surface area contributed by atoms with E-state index in [-0.39, 0.29) is 5.69 Å². The van der Waals surface area contributed by atoms with E-state index in [4.69, 9.17) is 5.11 Å². The fraction of sp³-hybridized carbons (Fsp3) is 0.500. The highest BCUT2D eigenvalue weighted by atomic mass is 16.4. The molecule has 1 atom stereocenters. The molecular weight excluding hydrogens is 210 g/mol. The fourth-order valence-electron chi connectivity index (χ4n) is 1.74. The zero-order valence-corrected chi connectivity index (χ0v) is 8.92. The Morgan fingerprint density at radius 3 is 2.69 bits per heavy atom. The monoisotopic (exact) mass is 223 g/mol. The van der Waals surface area contributed by atoms with Crippen molar-refractivity contribution in [1.82, 2.24) is 9.97 Å². The number of aromatic carboxylic acids is 1. The van der Waals surface area contributed by atoms with Crippen molar-refractivity contribution >= 4 is 11.8 Å². The normalized spacial score (nSPS) is 24.8. The average molecular weight is 223 g/mol. The third-order valence-corrected chi connectivity index (χ3v) is 2.63. The molecule has 6 heteroatoms. The van der Waals surface area contributed by atoms with Crippen molar-refractivity contribution < 1.29 is 15.0 Å². The highest BCUT2D eigenvalue weighted by Gasteiger charge is 2.32. The van der Waals surface area contributed by atoms with E-state index >= 15 is 0 Å². The van der Waals surface area contributed by atoms with Crippen LogP contribution in [0.4, 0.5) is 5.82 Å². The average Bonchev–Trinajstić information content (AvgIpc) is 2.59. The molecule has 2 heterocycles. The molecular formula is C10H13N3O3. The van der Waals surface area contributed by atoms with Crippen molar-refractivity contribution in [2.24, 2.45) is 0 Å². The largest absolute Gasteiger partial charge is 0.476 e. The number of aliphatic hydroxyl groups is 1.